The third-order valence-electron chi connectivity index (χ3n) is 3.97. The molecular formula is C17H16N4O3S. The number of nitriles is 1. The van der Waals surface area contributed by atoms with Crippen molar-refractivity contribution in [2.24, 2.45) is 0 Å². The first-order valence-electron chi connectivity index (χ1n) is 7.59. The molecule has 0 saturated heterocycles. The van der Waals surface area contributed by atoms with Crippen LogP contribution >= 0.6 is 0 Å². The van der Waals surface area contributed by atoms with Crippen molar-refractivity contribution in [1.82, 2.24) is 5.32 Å². The summed E-state index contributed by atoms with van der Waals surface area (Å²) in [6.07, 6.45) is 0. The highest BCUT2D eigenvalue weighted by molar-refractivity contribution is 7.94. The number of benzene rings is 2. The maximum absolute atomic E-state index is 12.5. The highest BCUT2D eigenvalue weighted by Crippen LogP contribution is 2.38. The Morgan fingerprint density at radius 2 is 1.88 bits per heavy atom. The fourth-order valence-corrected chi connectivity index (χ4v) is 4.10. The van der Waals surface area contributed by atoms with Crippen LogP contribution in [-0.4, -0.2) is 34.5 Å². The molecule has 0 saturated carbocycles. The lowest BCUT2D eigenvalue weighted by Crippen LogP contribution is -2.40. The molecule has 0 spiro atoms. The molecule has 7 nitrogen and oxygen atoms in total. The Labute approximate surface area is 146 Å². The Kier molecular flexibility index (Phi) is 4.33. The zero-order chi connectivity index (χ0) is 18.0. The number of amides is 1. The summed E-state index contributed by atoms with van der Waals surface area (Å²) in [4.78, 5) is 12.2. The van der Waals surface area contributed by atoms with Gasteiger partial charge in [0.25, 0.3) is 5.91 Å². The van der Waals surface area contributed by atoms with E-state index >= 15 is 0 Å². The first-order chi connectivity index (χ1) is 11.9. The van der Waals surface area contributed by atoms with Crippen molar-refractivity contribution in [3.05, 3.63) is 59.7 Å². The van der Waals surface area contributed by atoms with Crippen LogP contribution in [0.2, 0.25) is 0 Å². The van der Waals surface area contributed by atoms with Crippen molar-refractivity contribution in [3.8, 4) is 6.07 Å². The number of carbonyl (C=O) groups excluding carboxylic acids is 1. The summed E-state index contributed by atoms with van der Waals surface area (Å²) in [5.74, 6) is -0.352. The van der Waals surface area contributed by atoms with Crippen LogP contribution in [0.3, 0.4) is 0 Å². The highest BCUT2D eigenvalue weighted by atomic mass is 32.2. The SMILES string of the molecule is CN1c2ccccc2N(CCNC(=O)c2cccc(C#N)c2)S1(=O)=O. The average Bonchev–Trinajstić information content (AvgIpc) is 2.82. The molecule has 0 atom stereocenters. The van der Waals surface area contributed by atoms with Crippen molar-refractivity contribution in [3.63, 3.8) is 0 Å². The van der Waals surface area contributed by atoms with E-state index in [0.29, 0.717) is 22.5 Å². The van der Waals surface area contributed by atoms with E-state index < -0.39 is 10.2 Å². The Morgan fingerprint density at radius 3 is 2.60 bits per heavy atom. The Hall–Kier alpha value is -3.05. The number of carbonyl (C=O) groups is 1. The largest absolute Gasteiger partial charge is 0.350 e. The molecule has 0 bridgehead atoms. The minimum absolute atomic E-state index is 0.118. The van der Waals surface area contributed by atoms with Gasteiger partial charge in [-0.05, 0) is 30.3 Å². The fraction of sp³-hybridized carbons (Fsp3) is 0.176. The molecule has 1 aliphatic rings. The summed E-state index contributed by atoms with van der Waals surface area (Å²) < 4.78 is 27.5. The number of nitrogens with one attached hydrogen (secondary N) is 1. The van der Waals surface area contributed by atoms with Crippen LogP contribution in [0.1, 0.15) is 15.9 Å². The molecule has 0 aromatic heterocycles. The topological polar surface area (TPSA) is 93.5 Å². The number of rotatable bonds is 4. The molecule has 1 N–H and O–H groups in total. The van der Waals surface area contributed by atoms with Gasteiger partial charge >= 0.3 is 10.2 Å². The minimum Gasteiger partial charge on any atom is -0.350 e. The Bertz CT molecular complexity index is 966. The molecule has 25 heavy (non-hydrogen) atoms. The molecule has 0 fully saturated rings. The van der Waals surface area contributed by atoms with Crippen molar-refractivity contribution in [2.75, 3.05) is 28.7 Å². The number of nitrogens with zero attached hydrogens (tertiary/aromatic N) is 3. The minimum atomic E-state index is -3.63. The summed E-state index contributed by atoms with van der Waals surface area (Å²) in [6.45, 7) is 0.268. The molecule has 1 aliphatic heterocycles. The summed E-state index contributed by atoms with van der Waals surface area (Å²) in [5, 5.41) is 11.6. The maximum atomic E-state index is 12.5. The molecular weight excluding hydrogens is 340 g/mol. The van der Waals surface area contributed by atoms with Crippen molar-refractivity contribution < 1.29 is 13.2 Å². The molecule has 2 aromatic rings. The van der Waals surface area contributed by atoms with E-state index in [2.05, 4.69) is 5.32 Å². The lowest BCUT2D eigenvalue weighted by atomic mass is 10.1. The zero-order valence-electron chi connectivity index (χ0n) is 13.5. The van der Waals surface area contributed by atoms with E-state index in [-0.39, 0.29) is 19.0 Å². The van der Waals surface area contributed by atoms with Gasteiger partial charge in [0, 0.05) is 19.2 Å². The van der Waals surface area contributed by atoms with E-state index in [1.165, 1.54) is 21.7 Å². The van der Waals surface area contributed by atoms with Crippen LogP contribution in [0, 0.1) is 11.3 Å². The predicted octanol–water partition coefficient (Wildman–Crippen LogP) is 1.49. The molecule has 128 valence electrons. The van der Waals surface area contributed by atoms with Gasteiger partial charge in [-0.1, -0.05) is 18.2 Å². The molecule has 0 radical (unpaired) electrons. The Morgan fingerprint density at radius 1 is 1.16 bits per heavy atom. The van der Waals surface area contributed by atoms with Crippen molar-refractivity contribution in [1.29, 1.82) is 5.26 Å². The fourth-order valence-electron chi connectivity index (χ4n) is 2.68. The van der Waals surface area contributed by atoms with Crippen LogP contribution < -0.4 is 13.9 Å². The molecule has 0 unspecified atom stereocenters. The van der Waals surface area contributed by atoms with Gasteiger partial charge in [-0.2, -0.15) is 13.7 Å². The monoisotopic (exact) mass is 356 g/mol. The second-order valence-corrected chi connectivity index (χ2v) is 7.37. The number of hydrogen-bond acceptors (Lipinski definition) is 4. The normalized spacial score (nSPS) is 14.7. The third kappa shape index (κ3) is 3.02. The number of fused-ring (bicyclic) bond motifs is 1. The molecule has 2 aromatic carbocycles. The van der Waals surface area contributed by atoms with Gasteiger partial charge in [0.1, 0.15) is 0 Å². The average molecular weight is 356 g/mol. The van der Waals surface area contributed by atoms with E-state index in [4.69, 9.17) is 5.26 Å². The van der Waals surface area contributed by atoms with Crippen LogP contribution in [-0.2, 0) is 10.2 Å². The standard InChI is InChI=1S/C17H16N4O3S/c1-20-15-7-2-3-8-16(15)21(25(20,23)24)10-9-19-17(22)14-6-4-5-13(11-14)12-18/h2-8,11H,9-10H2,1H3,(H,19,22). The summed E-state index contributed by atoms with van der Waals surface area (Å²) in [7, 11) is -2.13. The molecule has 3 rings (SSSR count). The van der Waals surface area contributed by atoms with Gasteiger partial charge in [0.05, 0.1) is 29.6 Å². The molecule has 1 amide bonds. The first kappa shape index (κ1) is 16.8. The smallest absolute Gasteiger partial charge is 0.326 e. The van der Waals surface area contributed by atoms with Gasteiger partial charge in [-0.3, -0.25) is 9.10 Å². The number of anilines is 2. The number of hydrogen-bond donors (Lipinski definition) is 1. The maximum Gasteiger partial charge on any atom is 0.326 e. The highest BCUT2D eigenvalue weighted by Gasteiger charge is 2.37. The van der Waals surface area contributed by atoms with Gasteiger partial charge in [0.2, 0.25) is 0 Å². The lowest BCUT2D eigenvalue weighted by Gasteiger charge is -2.19. The quantitative estimate of drug-likeness (QED) is 0.898. The van der Waals surface area contributed by atoms with Crippen LogP contribution in [0.5, 0.6) is 0 Å². The van der Waals surface area contributed by atoms with Gasteiger partial charge < -0.3 is 5.32 Å². The van der Waals surface area contributed by atoms with E-state index in [1.807, 2.05) is 6.07 Å². The van der Waals surface area contributed by atoms with Crippen LogP contribution in [0.15, 0.2) is 48.5 Å². The predicted molar refractivity (Wildman–Crippen MR) is 94.6 cm³/mol. The summed E-state index contributed by atoms with van der Waals surface area (Å²) >= 11 is 0. The Balaban J connectivity index is 1.70. The second-order valence-electron chi connectivity index (χ2n) is 5.48. The third-order valence-corrected chi connectivity index (χ3v) is 5.79. The molecule has 0 aliphatic carbocycles. The van der Waals surface area contributed by atoms with E-state index in [0.717, 1.165) is 0 Å². The van der Waals surface area contributed by atoms with Gasteiger partial charge in [-0.15, -0.1) is 0 Å². The zero-order valence-corrected chi connectivity index (χ0v) is 14.3. The van der Waals surface area contributed by atoms with E-state index in [1.54, 1.807) is 42.5 Å². The number of para-hydroxylation sites is 2. The summed E-state index contributed by atoms with van der Waals surface area (Å²) in [6, 6.07) is 15.3. The first-order valence-corrected chi connectivity index (χ1v) is 8.99. The van der Waals surface area contributed by atoms with Crippen molar-refractivity contribution >= 4 is 27.5 Å². The summed E-state index contributed by atoms with van der Waals surface area (Å²) in [5.41, 5.74) is 1.95. The van der Waals surface area contributed by atoms with Gasteiger partial charge in [-0.25, -0.2) is 4.31 Å². The molecule has 1 heterocycles. The molecule has 8 heteroatoms. The van der Waals surface area contributed by atoms with Crippen LogP contribution in [0.25, 0.3) is 0 Å². The van der Waals surface area contributed by atoms with Crippen LogP contribution in [0.4, 0.5) is 11.4 Å². The van der Waals surface area contributed by atoms with Crippen molar-refractivity contribution in [2.45, 2.75) is 0 Å². The lowest BCUT2D eigenvalue weighted by molar-refractivity contribution is 0.0955. The second kappa shape index (κ2) is 6.45. The van der Waals surface area contributed by atoms with E-state index in [9.17, 15) is 13.2 Å². The van der Waals surface area contributed by atoms with Gasteiger partial charge in [0.15, 0.2) is 0 Å².